The van der Waals surface area contributed by atoms with Crippen molar-refractivity contribution in [2.45, 2.75) is 19.4 Å². The highest BCUT2D eigenvalue weighted by Gasteiger charge is 2.07. The van der Waals surface area contributed by atoms with Gasteiger partial charge < -0.3 is 9.73 Å². The van der Waals surface area contributed by atoms with Crippen LogP contribution in [0.5, 0.6) is 0 Å². The summed E-state index contributed by atoms with van der Waals surface area (Å²) in [6.45, 7) is 2.10. The first-order valence-electron chi connectivity index (χ1n) is 5.71. The zero-order valence-corrected chi connectivity index (χ0v) is 10.0. The Bertz CT molecular complexity index is 475. The topological polar surface area (TPSA) is 25.2 Å². The number of furan rings is 1. The minimum Gasteiger partial charge on any atom is -0.461 e. The van der Waals surface area contributed by atoms with Crippen molar-refractivity contribution >= 4 is 0 Å². The van der Waals surface area contributed by atoms with E-state index in [2.05, 4.69) is 12.2 Å². The SMILES string of the molecule is CNC(C)Cc1ccc(-c2ccc(F)cc2)o1. The van der Waals surface area contributed by atoms with Gasteiger partial charge in [-0.3, -0.25) is 0 Å². The van der Waals surface area contributed by atoms with Crippen LogP contribution in [0.25, 0.3) is 11.3 Å². The average Bonchev–Trinajstić information content (AvgIpc) is 2.78. The summed E-state index contributed by atoms with van der Waals surface area (Å²) in [6.07, 6.45) is 0.845. The molecule has 1 atom stereocenters. The molecule has 0 spiro atoms. The van der Waals surface area contributed by atoms with Crippen molar-refractivity contribution in [3.05, 3.63) is 48.0 Å². The van der Waals surface area contributed by atoms with Gasteiger partial charge in [-0.2, -0.15) is 0 Å². The first kappa shape index (κ1) is 11.9. The summed E-state index contributed by atoms with van der Waals surface area (Å²) in [6, 6.07) is 10.6. The summed E-state index contributed by atoms with van der Waals surface area (Å²) < 4.78 is 18.5. The minimum absolute atomic E-state index is 0.232. The van der Waals surface area contributed by atoms with Crippen LogP contribution >= 0.6 is 0 Å². The van der Waals surface area contributed by atoms with E-state index in [0.717, 1.165) is 23.5 Å². The van der Waals surface area contributed by atoms with Crippen LogP contribution in [0.4, 0.5) is 4.39 Å². The molecule has 2 rings (SSSR count). The van der Waals surface area contributed by atoms with E-state index >= 15 is 0 Å². The quantitative estimate of drug-likeness (QED) is 0.877. The van der Waals surface area contributed by atoms with Gasteiger partial charge in [-0.1, -0.05) is 0 Å². The van der Waals surface area contributed by atoms with E-state index in [-0.39, 0.29) is 5.82 Å². The lowest BCUT2D eigenvalue weighted by atomic mass is 10.2. The Kier molecular flexibility index (Phi) is 3.59. The van der Waals surface area contributed by atoms with Gasteiger partial charge in [0.15, 0.2) is 0 Å². The third-order valence-electron chi connectivity index (χ3n) is 2.79. The predicted molar refractivity (Wildman–Crippen MR) is 66.3 cm³/mol. The molecule has 3 heteroatoms. The highest BCUT2D eigenvalue weighted by Crippen LogP contribution is 2.22. The van der Waals surface area contributed by atoms with Gasteiger partial charge in [0, 0.05) is 18.0 Å². The molecular formula is C14H16FNO. The Labute approximate surface area is 100 Å². The Hall–Kier alpha value is -1.61. The lowest BCUT2D eigenvalue weighted by Gasteiger charge is -2.06. The minimum atomic E-state index is -0.232. The molecule has 1 heterocycles. The van der Waals surface area contributed by atoms with E-state index in [0.29, 0.717) is 6.04 Å². The molecule has 1 aromatic heterocycles. The highest BCUT2D eigenvalue weighted by molar-refractivity contribution is 5.57. The summed E-state index contributed by atoms with van der Waals surface area (Å²) in [5, 5.41) is 3.16. The van der Waals surface area contributed by atoms with E-state index in [1.54, 1.807) is 12.1 Å². The van der Waals surface area contributed by atoms with Crippen LogP contribution in [0, 0.1) is 5.82 Å². The second-order valence-corrected chi connectivity index (χ2v) is 4.17. The molecule has 90 valence electrons. The van der Waals surface area contributed by atoms with Gasteiger partial charge >= 0.3 is 0 Å². The first-order chi connectivity index (χ1) is 8.19. The molecule has 0 bridgehead atoms. The Balaban J connectivity index is 2.15. The second-order valence-electron chi connectivity index (χ2n) is 4.17. The van der Waals surface area contributed by atoms with Crippen molar-refractivity contribution in [1.29, 1.82) is 0 Å². The van der Waals surface area contributed by atoms with Gasteiger partial charge in [0.2, 0.25) is 0 Å². The van der Waals surface area contributed by atoms with E-state index in [4.69, 9.17) is 4.42 Å². The number of hydrogen-bond donors (Lipinski definition) is 1. The molecular weight excluding hydrogens is 217 g/mol. The molecule has 0 saturated heterocycles. The Morgan fingerprint density at radius 3 is 2.53 bits per heavy atom. The van der Waals surface area contributed by atoms with Crippen molar-refractivity contribution in [2.75, 3.05) is 7.05 Å². The maximum Gasteiger partial charge on any atom is 0.134 e. The third-order valence-corrected chi connectivity index (χ3v) is 2.79. The average molecular weight is 233 g/mol. The summed E-state index contributed by atoms with van der Waals surface area (Å²) in [4.78, 5) is 0. The first-order valence-corrected chi connectivity index (χ1v) is 5.71. The van der Waals surface area contributed by atoms with Crippen LogP contribution in [-0.2, 0) is 6.42 Å². The Morgan fingerprint density at radius 2 is 1.88 bits per heavy atom. The van der Waals surface area contributed by atoms with Crippen molar-refractivity contribution in [3.63, 3.8) is 0 Å². The standard InChI is InChI=1S/C14H16FNO/c1-10(16-2)9-13-7-8-14(17-13)11-3-5-12(15)6-4-11/h3-8,10,16H,9H2,1-2H3. The molecule has 1 N–H and O–H groups in total. The second kappa shape index (κ2) is 5.15. The fourth-order valence-electron chi connectivity index (χ4n) is 1.66. The largest absolute Gasteiger partial charge is 0.461 e. The lowest BCUT2D eigenvalue weighted by Crippen LogP contribution is -2.23. The van der Waals surface area contributed by atoms with Crippen molar-refractivity contribution in [2.24, 2.45) is 0 Å². The summed E-state index contributed by atoms with van der Waals surface area (Å²) in [5.41, 5.74) is 0.898. The fraction of sp³-hybridized carbons (Fsp3) is 0.286. The van der Waals surface area contributed by atoms with Gasteiger partial charge in [-0.15, -0.1) is 0 Å². The summed E-state index contributed by atoms with van der Waals surface area (Å²) in [5.74, 6) is 1.49. The molecule has 2 nitrogen and oxygen atoms in total. The fourth-order valence-corrected chi connectivity index (χ4v) is 1.66. The molecule has 17 heavy (non-hydrogen) atoms. The van der Waals surface area contributed by atoms with E-state index in [1.165, 1.54) is 12.1 Å². The van der Waals surface area contributed by atoms with E-state index in [1.807, 2.05) is 19.2 Å². The van der Waals surface area contributed by atoms with Crippen LogP contribution in [0.15, 0.2) is 40.8 Å². The van der Waals surface area contributed by atoms with Crippen molar-refractivity contribution < 1.29 is 8.81 Å². The summed E-state index contributed by atoms with van der Waals surface area (Å²) in [7, 11) is 1.93. The summed E-state index contributed by atoms with van der Waals surface area (Å²) >= 11 is 0. The van der Waals surface area contributed by atoms with Gasteiger partial charge in [0.05, 0.1) is 0 Å². The van der Waals surface area contributed by atoms with Gasteiger partial charge in [-0.05, 0) is 50.4 Å². The normalized spacial score (nSPS) is 12.6. The molecule has 0 aliphatic carbocycles. The zero-order valence-electron chi connectivity index (χ0n) is 10.0. The van der Waals surface area contributed by atoms with Crippen LogP contribution in [0.1, 0.15) is 12.7 Å². The van der Waals surface area contributed by atoms with Gasteiger partial charge in [0.25, 0.3) is 0 Å². The number of nitrogens with one attached hydrogen (secondary N) is 1. The molecule has 0 radical (unpaired) electrons. The van der Waals surface area contributed by atoms with Crippen LogP contribution in [0.2, 0.25) is 0 Å². The van der Waals surface area contributed by atoms with Gasteiger partial charge in [-0.25, -0.2) is 4.39 Å². The maximum atomic E-state index is 12.8. The number of likely N-dealkylation sites (N-methyl/N-ethyl adjacent to an activating group) is 1. The third kappa shape index (κ3) is 2.94. The molecule has 0 aliphatic heterocycles. The highest BCUT2D eigenvalue weighted by atomic mass is 19.1. The zero-order chi connectivity index (χ0) is 12.3. The Morgan fingerprint density at radius 1 is 1.18 bits per heavy atom. The number of rotatable bonds is 4. The van der Waals surface area contributed by atoms with Crippen LogP contribution in [-0.4, -0.2) is 13.1 Å². The molecule has 0 aliphatic rings. The van der Waals surface area contributed by atoms with Gasteiger partial charge in [0.1, 0.15) is 17.3 Å². The van der Waals surface area contributed by atoms with E-state index < -0.39 is 0 Å². The smallest absolute Gasteiger partial charge is 0.134 e. The molecule has 0 fully saturated rings. The molecule has 0 saturated carbocycles. The van der Waals surface area contributed by atoms with E-state index in [9.17, 15) is 4.39 Å². The van der Waals surface area contributed by atoms with Crippen molar-refractivity contribution in [1.82, 2.24) is 5.32 Å². The van der Waals surface area contributed by atoms with Crippen LogP contribution in [0.3, 0.4) is 0 Å². The monoisotopic (exact) mass is 233 g/mol. The number of benzene rings is 1. The predicted octanol–water partition coefficient (Wildman–Crippen LogP) is 3.24. The molecule has 1 unspecified atom stereocenters. The molecule has 2 aromatic rings. The molecule has 1 aromatic carbocycles. The van der Waals surface area contributed by atoms with Crippen LogP contribution < -0.4 is 5.32 Å². The lowest BCUT2D eigenvalue weighted by molar-refractivity contribution is 0.481. The van der Waals surface area contributed by atoms with Crippen molar-refractivity contribution in [3.8, 4) is 11.3 Å². The molecule has 0 amide bonds. The number of hydrogen-bond acceptors (Lipinski definition) is 2. The maximum absolute atomic E-state index is 12.8. The number of halogens is 1.